The second-order valence-corrected chi connectivity index (χ2v) is 11.0. The number of piperidine rings is 1. The summed E-state index contributed by atoms with van der Waals surface area (Å²) in [4.78, 5) is 29.9. The van der Waals surface area contributed by atoms with Crippen molar-refractivity contribution in [3.05, 3.63) is 83.7 Å². The summed E-state index contributed by atoms with van der Waals surface area (Å²) in [6.45, 7) is 1.34. The number of para-hydroxylation sites is 1. The maximum absolute atomic E-state index is 13.1. The highest BCUT2D eigenvalue weighted by Gasteiger charge is 2.26. The highest BCUT2D eigenvalue weighted by molar-refractivity contribution is 7.89. The first-order chi connectivity index (χ1) is 18.4. The lowest BCUT2D eigenvalue weighted by atomic mass is 10.1. The Labute approximate surface area is 223 Å². The Balaban J connectivity index is 1.41. The Morgan fingerprint density at radius 3 is 2.55 bits per heavy atom. The molecule has 9 nitrogen and oxygen atoms in total. The minimum Gasteiger partial charge on any atom is -0.496 e. The molecule has 1 saturated heterocycles. The van der Waals surface area contributed by atoms with Gasteiger partial charge in [0.25, 0.3) is 5.91 Å². The summed E-state index contributed by atoms with van der Waals surface area (Å²) in [7, 11) is -2.10. The quantitative estimate of drug-likeness (QED) is 0.407. The lowest BCUT2D eigenvalue weighted by Gasteiger charge is -2.26. The maximum atomic E-state index is 13.1. The Kier molecular flexibility index (Phi) is 9.09. The largest absolute Gasteiger partial charge is 0.496 e. The van der Waals surface area contributed by atoms with Gasteiger partial charge >= 0.3 is 0 Å². The highest BCUT2D eigenvalue weighted by atomic mass is 32.2. The van der Waals surface area contributed by atoms with Gasteiger partial charge in [0.1, 0.15) is 5.75 Å². The summed E-state index contributed by atoms with van der Waals surface area (Å²) in [5.41, 5.74) is 2.23. The van der Waals surface area contributed by atoms with Crippen molar-refractivity contribution in [2.75, 3.05) is 25.5 Å². The van der Waals surface area contributed by atoms with Gasteiger partial charge in [-0.1, -0.05) is 24.6 Å². The molecule has 1 aromatic heterocycles. The second kappa shape index (κ2) is 12.7. The SMILES string of the molecule is COc1ccc(S(=O)(=O)N2CCCCC2)cc1CCC(=O)Nc1ccccc1C(=O)NCc1cccnc1. The number of hydrogen-bond acceptors (Lipinski definition) is 6. The molecule has 4 rings (SSSR count). The van der Waals surface area contributed by atoms with Crippen molar-refractivity contribution < 1.29 is 22.7 Å². The van der Waals surface area contributed by atoms with Crippen molar-refractivity contribution >= 4 is 27.5 Å². The van der Waals surface area contributed by atoms with Gasteiger partial charge < -0.3 is 15.4 Å². The molecule has 2 aromatic carbocycles. The molecule has 10 heteroatoms. The molecule has 200 valence electrons. The number of carbonyl (C=O) groups excluding carboxylic acids is 2. The van der Waals surface area contributed by atoms with Gasteiger partial charge in [0.15, 0.2) is 0 Å². The number of ether oxygens (including phenoxy) is 1. The van der Waals surface area contributed by atoms with Gasteiger partial charge in [-0.15, -0.1) is 0 Å². The van der Waals surface area contributed by atoms with Crippen molar-refractivity contribution in [3.63, 3.8) is 0 Å². The number of nitrogens with zero attached hydrogens (tertiary/aromatic N) is 2. The Hall–Kier alpha value is -3.76. The van der Waals surface area contributed by atoms with Crippen LogP contribution >= 0.6 is 0 Å². The normalized spacial score (nSPS) is 14.0. The summed E-state index contributed by atoms with van der Waals surface area (Å²) in [5, 5.41) is 5.66. The van der Waals surface area contributed by atoms with Crippen LogP contribution in [0, 0.1) is 0 Å². The first kappa shape index (κ1) is 27.3. The summed E-state index contributed by atoms with van der Waals surface area (Å²) in [6.07, 6.45) is 6.43. The van der Waals surface area contributed by atoms with E-state index in [1.807, 2.05) is 6.07 Å². The fourth-order valence-electron chi connectivity index (χ4n) is 4.40. The van der Waals surface area contributed by atoms with Crippen LogP contribution in [0.2, 0.25) is 0 Å². The van der Waals surface area contributed by atoms with E-state index in [1.54, 1.807) is 60.9 Å². The van der Waals surface area contributed by atoms with Gasteiger partial charge in [-0.05, 0) is 66.8 Å². The Morgan fingerprint density at radius 2 is 1.82 bits per heavy atom. The summed E-state index contributed by atoms with van der Waals surface area (Å²) in [6, 6.07) is 15.2. The molecule has 2 N–H and O–H groups in total. The lowest BCUT2D eigenvalue weighted by molar-refractivity contribution is -0.116. The van der Waals surface area contributed by atoms with Crippen LogP contribution in [-0.4, -0.2) is 49.7 Å². The molecule has 1 aliphatic rings. The molecule has 1 aliphatic heterocycles. The predicted octanol–water partition coefficient (Wildman–Crippen LogP) is 3.77. The maximum Gasteiger partial charge on any atom is 0.253 e. The Morgan fingerprint density at radius 1 is 1.03 bits per heavy atom. The number of anilines is 1. The van der Waals surface area contributed by atoms with E-state index in [1.165, 1.54) is 11.4 Å². The smallest absolute Gasteiger partial charge is 0.253 e. The fourth-order valence-corrected chi connectivity index (χ4v) is 5.96. The number of nitrogens with one attached hydrogen (secondary N) is 2. The highest BCUT2D eigenvalue weighted by Crippen LogP contribution is 2.27. The molecule has 0 spiro atoms. The molecule has 0 bridgehead atoms. The Bertz CT molecular complexity index is 1370. The van der Waals surface area contributed by atoms with Crippen LogP contribution in [0.5, 0.6) is 5.75 Å². The van der Waals surface area contributed by atoms with E-state index in [-0.39, 0.29) is 29.6 Å². The van der Waals surface area contributed by atoms with Crippen LogP contribution in [0.15, 0.2) is 71.9 Å². The first-order valence-electron chi connectivity index (χ1n) is 12.6. The van der Waals surface area contributed by atoms with Crippen LogP contribution in [0.1, 0.15) is 47.2 Å². The molecule has 0 radical (unpaired) electrons. The lowest BCUT2D eigenvalue weighted by Crippen LogP contribution is -2.35. The molecule has 38 heavy (non-hydrogen) atoms. The van der Waals surface area contributed by atoms with Gasteiger partial charge in [-0.25, -0.2) is 8.42 Å². The van der Waals surface area contributed by atoms with Crippen LogP contribution < -0.4 is 15.4 Å². The molecular formula is C28H32N4O5S. The van der Waals surface area contributed by atoms with Gasteiger partial charge in [-0.2, -0.15) is 4.31 Å². The molecule has 0 atom stereocenters. The minimum absolute atomic E-state index is 0.0786. The van der Waals surface area contributed by atoms with E-state index in [0.717, 1.165) is 24.8 Å². The van der Waals surface area contributed by atoms with Crippen LogP contribution in [0.4, 0.5) is 5.69 Å². The van der Waals surface area contributed by atoms with E-state index in [0.29, 0.717) is 42.2 Å². The number of sulfonamides is 1. The molecule has 1 fully saturated rings. The molecule has 0 saturated carbocycles. The third-order valence-electron chi connectivity index (χ3n) is 6.45. The second-order valence-electron chi connectivity index (χ2n) is 9.08. The van der Waals surface area contributed by atoms with Crippen LogP contribution in [-0.2, 0) is 27.8 Å². The molecule has 3 aromatic rings. The number of pyridine rings is 1. The van der Waals surface area contributed by atoms with Crippen LogP contribution in [0.25, 0.3) is 0 Å². The zero-order chi connectivity index (χ0) is 27.0. The zero-order valence-corrected chi connectivity index (χ0v) is 22.2. The molecule has 0 aliphatic carbocycles. The van der Waals surface area contributed by atoms with E-state index >= 15 is 0 Å². The van der Waals surface area contributed by atoms with Crippen molar-refractivity contribution in [2.45, 2.75) is 43.5 Å². The standard InChI is InChI=1S/C28H32N4O5S/c1-37-26-13-12-23(38(35,36)32-16-5-2-6-17-32)18-22(26)11-14-27(33)31-25-10-4-3-9-24(25)28(34)30-20-21-8-7-15-29-19-21/h3-4,7-10,12-13,15,18-19H,2,5-6,11,14,16-17,20H2,1H3,(H,30,34)(H,31,33). The minimum atomic E-state index is -3.61. The number of rotatable bonds is 10. The molecule has 0 unspecified atom stereocenters. The number of aryl methyl sites for hydroxylation is 1. The average Bonchev–Trinajstić information content (AvgIpc) is 2.96. The van der Waals surface area contributed by atoms with Gasteiger partial charge in [0.2, 0.25) is 15.9 Å². The monoisotopic (exact) mass is 536 g/mol. The third-order valence-corrected chi connectivity index (χ3v) is 8.34. The van der Waals surface area contributed by atoms with Crippen LogP contribution in [0.3, 0.4) is 0 Å². The van der Waals surface area contributed by atoms with Gasteiger partial charge in [0.05, 0.1) is 23.3 Å². The first-order valence-corrected chi connectivity index (χ1v) is 14.1. The molecule has 2 amide bonds. The number of amides is 2. The summed E-state index contributed by atoms with van der Waals surface area (Å²) in [5.74, 6) is -0.100. The van der Waals surface area contributed by atoms with E-state index < -0.39 is 10.0 Å². The molecule has 2 heterocycles. The summed E-state index contributed by atoms with van der Waals surface area (Å²) >= 11 is 0. The van der Waals surface area contributed by atoms with Crippen molar-refractivity contribution in [3.8, 4) is 5.75 Å². The van der Waals surface area contributed by atoms with E-state index in [4.69, 9.17) is 4.74 Å². The van der Waals surface area contributed by atoms with E-state index in [9.17, 15) is 18.0 Å². The van der Waals surface area contributed by atoms with Crippen molar-refractivity contribution in [2.24, 2.45) is 0 Å². The summed E-state index contributed by atoms with van der Waals surface area (Å²) < 4.78 is 33.2. The number of methoxy groups -OCH3 is 1. The zero-order valence-electron chi connectivity index (χ0n) is 21.4. The number of benzene rings is 2. The van der Waals surface area contributed by atoms with Crippen molar-refractivity contribution in [1.29, 1.82) is 0 Å². The number of carbonyl (C=O) groups is 2. The van der Waals surface area contributed by atoms with E-state index in [2.05, 4.69) is 15.6 Å². The fraction of sp³-hybridized carbons (Fsp3) is 0.321. The third kappa shape index (κ3) is 6.76. The number of aromatic nitrogens is 1. The number of hydrogen-bond donors (Lipinski definition) is 2. The van der Waals surface area contributed by atoms with Crippen molar-refractivity contribution in [1.82, 2.24) is 14.6 Å². The predicted molar refractivity (Wildman–Crippen MR) is 144 cm³/mol. The average molecular weight is 537 g/mol. The van der Waals surface area contributed by atoms with Gasteiger partial charge in [0, 0.05) is 38.4 Å². The molecular weight excluding hydrogens is 504 g/mol. The topological polar surface area (TPSA) is 118 Å². The van der Waals surface area contributed by atoms with Gasteiger partial charge in [-0.3, -0.25) is 14.6 Å².